The van der Waals surface area contributed by atoms with E-state index in [0.717, 1.165) is 38.9 Å². The molecule has 0 spiro atoms. The lowest BCUT2D eigenvalue weighted by molar-refractivity contribution is 0.107. The summed E-state index contributed by atoms with van der Waals surface area (Å²) in [5.74, 6) is 0. The van der Waals surface area contributed by atoms with Gasteiger partial charge in [-0.3, -0.25) is 0 Å². The summed E-state index contributed by atoms with van der Waals surface area (Å²) in [4.78, 5) is 0. The van der Waals surface area contributed by atoms with E-state index in [2.05, 4.69) is 5.32 Å². The van der Waals surface area contributed by atoms with Crippen molar-refractivity contribution in [1.82, 2.24) is 5.32 Å². The van der Waals surface area contributed by atoms with Gasteiger partial charge in [0.05, 0.1) is 12.7 Å². The fraction of sp³-hybridized carbons (Fsp3) is 1.00. The summed E-state index contributed by atoms with van der Waals surface area (Å²) in [5.41, 5.74) is 0. The van der Waals surface area contributed by atoms with E-state index in [-0.39, 0.29) is 6.10 Å². The second-order valence-corrected chi connectivity index (χ2v) is 4.24. The van der Waals surface area contributed by atoms with Crippen molar-refractivity contribution in [3.8, 4) is 0 Å². The molecular formula is C10H19NO2. The number of rotatable bonds is 2. The van der Waals surface area contributed by atoms with Gasteiger partial charge in [-0.15, -0.1) is 0 Å². The van der Waals surface area contributed by atoms with Crippen LogP contribution in [0.4, 0.5) is 0 Å². The molecule has 1 saturated carbocycles. The average molecular weight is 185 g/mol. The third-order valence-electron chi connectivity index (χ3n) is 3.05. The fourth-order valence-electron chi connectivity index (χ4n) is 2.31. The van der Waals surface area contributed by atoms with Crippen LogP contribution < -0.4 is 5.32 Å². The summed E-state index contributed by atoms with van der Waals surface area (Å²) in [6.45, 7) is 1.75. The standard InChI is InChI=1S/C10H19NO2/c12-10-3-1-2-8(6-10)11-9-4-5-13-7-9/h8-12H,1-7H2. The van der Waals surface area contributed by atoms with E-state index < -0.39 is 0 Å². The van der Waals surface area contributed by atoms with Crippen LogP contribution in [-0.4, -0.2) is 36.5 Å². The highest BCUT2D eigenvalue weighted by molar-refractivity contribution is 4.82. The minimum absolute atomic E-state index is 0.0754. The lowest BCUT2D eigenvalue weighted by Gasteiger charge is -2.28. The quantitative estimate of drug-likeness (QED) is 0.664. The molecule has 1 aliphatic heterocycles. The van der Waals surface area contributed by atoms with Crippen LogP contribution in [-0.2, 0) is 4.74 Å². The molecule has 1 heterocycles. The van der Waals surface area contributed by atoms with Crippen molar-refractivity contribution < 1.29 is 9.84 Å². The molecular weight excluding hydrogens is 166 g/mol. The van der Waals surface area contributed by atoms with E-state index in [4.69, 9.17) is 4.74 Å². The summed E-state index contributed by atoms with van der Waals surface area (Å²) < 4.78 is 5.30. The molecule has 1 aliphatic carbocycles. The molecule has 0 aromatic heterocycles. The summed E-state index contributed by atoms with van der Waals surface area (Å²) in [7, 11) is 0. The molecule has 2 rings (SSSR count). The lowest BCUT2D eigenvalue weighted by atomic mass is 9.92. The maximum absolute atomic E-state index is 9.48. The van der Waals surface area contributed by atoms with E-state index in [0.29, 0.717) is 12.1 Å². The smallest absolute Gasteiger partial charge is 0.0620 e. The Morgan fingerprint density at radius 2 is 2.08 bits per heavy atom. The topological polar surface area (TPSA) is 41.5 Å². The molecule has 1 saturated heterocycles. The molecule has 0 aromatic carbocycles. The summed E-state index contributed by atoms with van der Waals surface area (Å²) in [5, 5.41) is 13.0. The number of nitrogens with one attached hydrogen (secondary N) is 1. The molecule has 13 heavy (non-hydrogen) atoms. The summed E-state index contributed by atoms with van der Waals surface area (Å²) >= 11 is 0. The molecule has 0 aromatic rings. The maximum atomic E-state index is 9.48. The van der Waals surface area contributed by atoms with Crippen molar-refractivity contribution in [3.05, 3.63) is 0 Å². The second kappa shape index (κ2) is 4.40. The average Bonchev–Trinajstić information content (AvgIpc) is 2.57. The molecule has 3 nitrogen and oxygen atoms in total. The molecule has 2 fully saturated rings. The molecule has 2 aliphatic rings. The molecule has 76 valence electrons. The van der Waals surface area contributed by atoms with Gasteiger partial charge in [0.25, 0.3) is 0 Å². The van der Waals surface area contributed by atoms with Crippen molar-refractivity contribution in [3.63, 3.8) is 0 Å². The Morgan fingerprint density at radius 1 is 1.15 bits per heavy atom. The van der Waals surface area contributed by atoms with Gasteiger partial charge in [0.2, 0.25) is 0 Å². The van der Waals surface area contributed by atoms with Crippen molar-refractivity contribution in [2.75, 3.05) is 13.2 Å². The summed E-state index contributed by atoms with van der Waals surface area (Å²) in [6.07, 6.45) is 5.34. The van der Waals surface area contributed by atoms with Gasteiger partial charge in [0.1, 0.15) is 0 Å². The van der Waals surface area contributed by atoms with Crippen LogP contribution >= 0.6 is 0 Å². The Bertz CT molecular complexity index is 157. The first kappa shape index (κ1) is 9.44. The molecule has 0 radical (unpaired) electrons. The Hall–Kier alpha value is -0.120. The number of aliphatic hydroxyl groups is 1. The van der Waals surface area contributed by atoms with Crippen LogP contribution in [0.5, 0.6) is 0 Å². The first-order valence-electron chi connectivity index (χ1n) is 5.36. The zero-order chi connectivity index (χ0) is 9.10. The Kier molecular flexibility index (Phi) is 3.19. The fourth-order valence-corrected chi connectivity index (χ4v) is 2.31. The van der Waals surface area contributed by atoms with Gasteiger partial charge >= 0.3 is 0 Å². The van der Waals surface area contributed by atoms with Crippen molar-refractivity contribution >= 4 is 0 Å². The minimum Gasteiger partial charge on any atom is -0.393 e. The highest BCUT2D eigenvalue weighted by Crippen LogP contribution is 2.19. The van der Waals surface area contributed by atoms with Gasteiger partial charge in [-0.2, -0.15) is 0 Å². The Balaban J connectivity index is 1.73. The zero-order valence-electron chi connectivity index (χ0n) is 8.04. The van der Waals surface area contributed by atoms with Gasteiger partial charge < -0.3 is 15.2 Å². The third-order valence-corrected chi connectivity index (χ3v) is 3.05. The first-order chi connectivity index (χ1) is 6.34. The largest absolute Gasteiger partial charge is 0.393 e. The predicted octanol–water partition coefficient (Wildman–Crippen LogP) is 0.668. The van der Waals surface area contributed by atoms with Crippen molar-refractivity contribution in [2.24, 2.45) is 0 Å². The highest BCUT2D eigenvalue weighted by atomic mass is 16.5. The third kappa shape index (κ3) is 2.66. The van der Waals surface area contributed by atoms with Crippen LogP contribution in [0.2, 0.25) is 0 Å². The molecule has 0 amide bonds. The van der Waals surface area contributed by atoms with E-state index >= 15 is 0 Å². The predicted molar refractivity (Wildman–Crippen MR) is 50.6 cm³/mol. The maximum Gasteiger partial charge on any atom is 0.0620 e. The Morgan fingerprint density at radius 3 is 2.77 bits per heavy atom. The van der Waals surface area contributed by atoms with Gasteiger partial charge in [-0.05, 0) is 32.1 Å². The first-order valence-corrected chi connectivity index (χ1v) is 5.36. The van der Waals surface area contributed by atoms with E-state index in [9.17, 15) is 5.11 Å². The number of hydrogen-bond acceptors (Lipinski definition) is 3. The molecule has 3 unspecified atom stereocenters. The van der Waals surface area contributed by atoms with Gasteiger partial charge in [-0.25, -0.2) is 0 Å². The molecule has 0 bridgehead atoms. The van der Waals surface area contributed by atoms with Gasteiger partial charge in [0.15, 0.2) is 0 Å². The van der Waals surface area contributed by atoms with Crippen LogP contribution in [0.25, 0.3) is 0 Å². The highest BCUT2D eigenvalue weighted by Gasteiger charge is 2.24. The van der Waals surface area contributed by atoms with Crippen LogP contribution in [0, 0.1) is 0 Å². The van der Waals surface area contributed by atoms with Crippen molar-refractivity contribution in [2.45, 2.75) is 50.3 Å². The number of ether oxygens (including phenoxy) is 1. The zero-order valence-corrected chi connectivity index (χ0v) is 8.04. The minimum atomic E-state index is -0.0754. The molecule has 3 heteroatoms. The van der Waals surface area contributed by atoms with Gasteiger partial charge in [0, 0.05) is 18.7 Å². The van der Waals surface area contributed by atoms with Crippen LogP contribution in [0.1, 0.15) is 32.1 Å². The van der Waals surface area contributed by atoms with Crippen LogP contribution in [0.15, 0.2) is 0 Å². The van der Waals surface area contributed by atoms with E-state index in [1.54, 1.807) is 0 Å². The second-order valence-electron chi connectivity index (χ2n) is 4.24. The summed E-state index contributed by atoms with van der Waals surface area (Å²) in [6, 6.07) is 1.06. The number of hydrogen-bond donors (Lipinski definition) is 2. The van der Waals surface area contributed by atoms with Gasteiger partial charge in [-0.1, -0.05) is 0 Å². The Labute approximate surface area is 79.5 Å². The number of aliphatic hydroxyl groups excluding tert-OH is 1. The molecule has 2 N–H and O–H groups in total. The SMILES string of the molecule is OC1CCCC(NC2CCOC2)C1. The van der Waals surface area contributed by atoms with Crippen LogP contribution in [0.3, 0.4) is 0 Å². The van der Waals surface area contributed by atoms with E-state index in [1.807, 2.05) is 0 Å². The normalized spacial score (nSPS) is 40.8. The molecule has 3 atom stereocenters. The monoisotopic (exact) mass is 185 g/mol. The lowest BCUT2D eigenvalue weighted by Crippen LogP contribution is -2.42. The van der Waals surface area contributed by atoms with Crippen molar-refractivity contribution in [1.29, 1.82) is 0 Å². The van der Waals surface area contributed by atoms with E-state index in [1.165, 1.54) is 6.42 Å².